The highest BCUT2D eigenvalue weighted by atomic mass is 16.5. The van der Waals surface area contributed by atoms with Crippen LogP contribution < -0.4 is 20.3 Å². The number of hydrogen-bond acceptors (Lipinski definition) is 4. The monoisotopic (exact) mass is 362 g/mol. The Morgan fingerprint density at radius 1 is 1.00 bits per heavy atom. The van der Waals surface area contributed by atoms with Crippen LogP contribution in [-0.4, -0.2) is 17.3 Å². The van der Waals surface area contributed by atoms with E-state index in [-0.39, 0.29) is 11.8 Å². The summed E-state index contributed by atoms with van der Waals surface area (Å²) in [7, 11) is 0. The first-order valence-electron chi connectivity index (χ1n) is 9.18. The number of ether oxygens (including phenoxy) is 2. The van der Waals surface area contributed by atoms with Crippen LogP contribution >= 0.6 is 0 Å². The number of nitrogens with zero attached hydrogens (tertiary/aromatic N) is 1. The molecule has 0 unspecified atom stereocenters. The molecule has 27 heavy (non-hydrogen) atoms. The number of pyridine rings is 1. The Bertz CT molecular complexity index is 930. The van der Waals surface area contributed by atoms with Crippen LogP contribution in [-0.2, 0) is 6.61 Å². The molecule has 1 saturated heterocycles. The van der Waals surface area contributed by atoms with Gasteiger partial charge in [-0.15, -0.1) is 0 Å². The van der Waals surface area contributed by atoms with Crippen molar-refractivity contribution in [2.75, 3.05) is 6.54 Å². The lowest BCUT2D eigenvalue weighted by Gasteiger charge is -2.14. The molecular formula is C22H22N2O3. The molecule has 0 spiro atoms. The van der Waals surface area contributed by atoms with E-state index < -0.39 is 0 Å². The third kappa shape index (κ3) is 4.38. The Hall–Kier alpha value is -3.05. The minimum Gasteiger partial charge on any atom is -0.489 e. The molecule has 2 aromatic carbocycles. The second-order valence-electron chi connectivity index (χ2n) is 6.54. The highest BCUT2D eigenvalue weighted by Gasteiger charge is 2.15. The highest BCUT2D eigenvalue weighted by Crippen LogP contribution is 2.19. The molecular weight excluding hydrogens is 340 g/mol. The van der Waals surface area contributed by atoms with Gasteiger partial charge < -0.3 is 9.47 Å². The molecule has 1 aliphatic rings. The second kappa shape index (κ2) is 8.10. The third-order valence-electron chi connectivity index (χ3n) is 4.55. The maximum absolute atomic E-state index is 12.5. The van der Waals surface area contributed by atoms with Crippen molar-refractivity contribution >= 4 is 0 Å². The fourth-order valence-corrected chi connectivity index (χ4v) is 3.11. The van der Waals surface area contributed by atoms with E-state index in [9.17, 15) is 4.79 Å². The summed E-state index contributed by atoms with van der Waals surface area (Å²) in [5.41, 5.74) is 1.72. The quantitative estimate of drug-likeness (QED) is 0.729. The summed E-state index contributed by atoms with van der Waals surface area (Å²) in [6.45, 7) is 1.43. The van der Waals surface area contributed by atoms with Crippen molar-refractivity contribution in [1.82, 2.24) is 9.88 Å². The molecule has 0 bridgehead atoms. The van der Waals surface area contributed by atoms with Gasteiger partial charge >= 0.3 is 0 Å². The molecule has 1 fully saturated rings. The fraction of sp³-hybridized carbons (Fsp3) is 0.227. The fourth-order valence-electron chi connectivity index (χ4n) is 3.11. The first-order chi connectivity index (χ1) is 13.3. The molecule has 0 amide bonds. The van der Waals surface area contributed by atoms with Crippen molar-refractivity contribution in [3.05, 3.63) is 88.8 Å². The van der Waals surface area contributed by atoms with Crippen LogP contribution in [0.4, 0.5) is 0 Å². The van der Waals surface area contributed by atoms with Crippen molar-refractivity contribution < 1.29 is 9.47 Å². The zero-order valence-corrected chi connectivity index (χ0v) is 15.0. The largest absolute Gasteiger partial charge is 0.489 e. The van der Waals surface area contributed by atoms with Gasteiger partial charge in [0.2, 0.25) is 0 Å². The maximum atomic E-state index is 12.5. The van der Waals surface area contributed by atoms with Crippen LogP contribution in [0.2, 0.25) is 0 Å². The highest BCUT2D eigenvalue weighted by molar-refractivity contribution is 5.38. The summed E-state index contributed by atoms with van der Waals surface area (Å²) in [4.78, 5) is 12.5. The van der Waals surface area contributed by atoms with Crippen LogP contribution in [0.25, 0.3) is 5.69 Å². The summed E-state index contributed by atoms with van der Waals surface area (Å²) >= 11 is 0. The predicted molar refractivity (Wildman–Crippen MR) is 104 cm³/mol. The van der Waals surface area contributed by atoms with E-state index in [2.05, 4.69) is 5.32 Å². The SMILES string of the molecule is O=c1cc(OCc2ccccc2)ccn1-c1ccc(O[C@H]2CCCN2)cc1. The predicted octanol–water partition coefficient (Wildman–Crippen LogP) is 3.50. The molecule has 1 atom stereocenters. The van der Waals surface area contributed by atoms with E-state index in [1.807, 2.05) is 54.6 Å². The second-order valence-corrected chi connectivity index (χ2v) is 6.54. The Morgan fingerprint density at radius 2 is 1.81 bits per heavy atom. The minimum absolute atomic E-state index is 0.0830. The lowest BCUT2D eigenvalue weighted by molar-refractivity contribution is 0.187. The van der Waals surface area contributed by atoms with Gasteiger partial charge in [-0.3, -0.25) is 14.7 Å². The smallest absolute Gasteiger partial charge is 0.258 e. The van der Waals surface area contributed by atoms with Crippen LogP contribution in [0, 0.1) is 0 Å². The van der Waals surface area contributed by atoms with E-state index in [1.54, 1.807) is 16.8 Å². The number of benzene rings is 2. The first-order valence-corrected chi connectivity index (χ1v) is 9.18. The summed E-state index contributed by atoms with van der Waals surface area (Å²) in [5, 5.41) is 3.30. The normalized spacial score (nSPS) is 16.2. The molecule has 5 nitrogen and oxygen atoms in total. The molecule has 0 aliphatic carbocycles. The maximum Gasteiger partial charge on any atom is 0.258 e. The molecule has 3 aromatic rings. The molecule has 1 aromatic heterocycles. The molecule has 138 valence electrons. The van der Waals surface area contributed by atoms with Gasteiger partial charge in [-0.25, -0.2) is 0 Å². The van der Waals surface area contributed by atoms with Gasteiger partial charge in [0.15, 0.2) is 0 Å². The van der Waals surface area contributed by atoms with Gasteiger partial charge in [-0.2, -0.15) is 0 Å². The van der Waals surface area contributed by atoms with Gasteiger partial charge in [0.05, 0.1) is 0 Å². The number of nitrogens with one attached hydrogen (secondary N) is 1. The number of rotatable bonds is 6. The number of hydrogen-bond donors (Lipinski definition) is 1. The van der Waals surface area contributed by atoms with E-state index in [4.69, 9.17) is 9.47 Å². The van der Waals surface area contributed by atoms with Crippen LogP contribution in [0.5, 0.6) is 11.5 Å². The average molecular weight is 362 g/mol. The Morgan fingerprint density at radius 3 is 2.52 bits per heavy atom. The van der Waals surface area contributed by atoms with Crippen LogP contribution in [0.1, 0.15) is 18.4 Å². The van der Waals surface area contributed by atoms with Gasteiger partial charge in [0.1, 0.15) is 24.3 Å². The molecule has 0 saturated carbocycles. The van der Waals surface area contributed by atoms with Gasteiger partial charge in [0.25, 0.3) is 5.56 Å². The van der Waals surface area contributed by atoms with Crippen molar-refractivity contribution in [1.29, 1.82) is 0 Å². The molecule has 1 aliphatic heterocycles. The molecule has 0 radical (unpaired) electrons. The first kappa shape index (κ1) is 17.4. The van der Waals surface area contributed by atoms with Gasteiger partial charge in [-0.1, -0.05) is 30.3 Å². The van der Waals surface area contributed by atoms with E-state index in [0.29, 0.717) is 12.4 Å². The molecule has 1 N–H and O–H groups in total. The zero-order chi connectivity index (χ0) is 18.5. The van der Waals surface area contributed by atoms with E-state index in [0.717, 1.165) is 36.4 Å². The standard InChI is InChI=1S/C22H22N2O3/c25-22-15-20(26-16-17-5-2-1-3-6-17)12-14-24(22)18-8-10-19(11-9-18)27-21-7-4-13-23-21/h1-3,5-6,8-12,14-15,21,23H,4,7,13,16H2/t21-/m0/s1. The topological polar surface area (TPSA) is 52.5 Å². The number of aromatic nitrogens is 1. The summed E-state index contributed by atoms with van der Waals surface area (Å²) in [5.74, 6) is 1.36. The zero-order valence-electron chi connectivity index (χ0n) is 15.0. The lowest BCUT2D eigenvalue weighted by Crippen LogP contribution is -2.27. The Balaban J connectivity index is 1.43. The van der Waals surface area contributed by atoms with Crippen molar-refractivity contribution in [2.24, 2.45) is 0 Å². The van der Waals surface area contributed by atoms with Gasteiger partial charge in [-0.05, 0) is 55.3 Å². The van der Waals surface area contributed by atoms with Crippen molar-refractivity contribution in [2.45, 2.75) is 25.7 Å². The van der Waals surface area contributed by atoms with Crippen LogP contribution in [0.15, 0.2) is 77.7 Å². The van der Waals surface area contributed by atoms with Crippen molar-refractivity contribution in [3.8, 4) is 17.2 Å². The van der Waals surface area contributed by atoms with E-state index in [1.165, 1.54) is 6.07 Å². The third-order valence-corrected chi connectivity index (χ3v) is 4.55. The molecule has 4 rings (SSSR count). The lowest BCUT2D eigenvalue weighted by atomic mass is 10.2. The summed E-state index contributed by atoms with van der Waals surface area (Å²) in [6, 6.07) is 20.7. The Kier molecular flexibility index (Phi) is 5.21. The van der Waals surface area contributed by atoms with Crippen LogP contribution in [0.3, 0.4) is 0 Å². The van der Waals surface area contributed by atoms with Crippen molar-refractivity contribution in [3.63, 3.8) is 0 Å². The Labute approximate surface area is 158 Å². The molecule has 2 heterocycles. The summed E-state index contributed by atoms with van der Waals surface area (Å²) < 4.78 is 13.2. The molecule has 5 heteroatoms. The van der Waals surface area contributed by atoms with E-state index >= 15 is 0 Å². The minimum atomic E-state index is -0.133. The van der Waals surface area contributed by atoms with Gasteiger partial charge in [0, 0.05) is 18.0 Å². The average Bonchev–Trinajstić information content (AvgIpc) is 3.21. The summed E-state index contributed by atoms with van der Waals surface area (Å²) in [6.07, 6.45) is 3.97.